The molecule has 1 heterocycles. The second-order valence-corrected chi connectivity index (χ2v) is 6.96. The van der Waals surface area contributed by atoms with Crippen molar-refractivity contribution in [3.63, 3.8) is 0 Å². The minimum Gasteiger partial charge on any atom is -0.494 e. The SMILES string of the molecule is CCOc1ccc(-c2nc(CC(=O)N(CCC(=O)O)C(C)C)cs2)cc1. The van der Waals surface area contributed by atoms with Crippen molar-refractivity contribution < 1.29 is 19.4 Å². The second kappa shape index (κ2) is 9.33. The van der Waals surface area contributed by atoms with E-state index < -0.39 is 5.97 Å². The fraction of sp³-hybridized carbons (Fsp3) is 0.421. The van der Waals surface area contributed by atoms with E-state index in [-0.39, 0.29) is 31.3 Å². The first-order valence-electron chi connectivity index (χ1n) is 8.59. The molecule has 0 aliphatic carbocycles. The third-order valence-corrected chi connectivity index (χ3v) is 4.75. The minimum atomic E-state index is -0.908. The fourth-order valence-electron chi connectivity index (χ4n) is 2.52. The summed E-state index contributed by atoms with van der Waals surface area (Å²) >= 11 is 1.49. The van der Waals surface area contributed by atoms with E-state index in [1.54, 1.807) is 4.90 Å². The molecule has 0 saturated carbocycles. The molecule has 0 unspecified atom stereocenters. The van der Waals surface area contributed by atoms with Crippen LogP contribution in [0.2, 0.25) is 0 Å². The Kier molecular flexibility index (Phi) is 7.15. The van der Waals surface area contributed by atoms with Crippen molar-refractivity contribution in [2.75, 3.05) is 13.2 Å². The molecule has 0 fully saturated rings. The largest absolute Gasteiger partial charge is 0.494 e. The van der Waals surface area contributed by atoms with Crippen LogP contribution in [-0.4, -0.2) is 46.1 Å². The molecule has 26 heavy (non-hydrogen) atoms. The van der Waals surface area contributed by atoms with Crippen LogP contribution >= 0.6 is 11.3 Å². The third kappa shape index (κ3) is 5.56. The van der Waals surface area contributed by atoms with Crippen LogP contribution in [0.15, 0.2) is 29.6 Å². The number of thiazole rings is 1. The monoisotopic (exact) mass is 376 g/mol. The zero-order valence-electron chi connectivity index (χ0n) is 15.3. The number of benzene rings is 1. The van der Waals surface area contributed by atoms with Crippen LogP contribution in [0.1, 0.15) is 32.9 Å². The Morgan fingerprint density at radius 3 is 2.54 bits per heavy atom. The number of hydrogen-bond donors (Lipinski definition) is 1. The molecule has 0 aliphatic heterocycles. The maximum Gasteiger partial charge on any atom is 0.305 e. The van der Waals surface area contributed by atoms with Crippen LogP contribution in [0.25, 0.3) is 10.6 Å². The van der Waals surface area contributed by atoms with Gasteiger partial charge in [0.05, 0.1) is 25.1 Å². The van der Waals surface area contributed by atoms with Gasteiger partial charge in [0, 0.05) is 23.5 Å². The van der Waals surface area contributed by atoms with Gasteiger partial charge in [-0.3, -0.25) is 9.59 Å². The number of hydrogen-bond acceptors (Lipinski definition) is 5. The van der Waals surface area contributed by atoms with Crippen LogP contribution in [0, 0.1) is 0 Å². The molecule has 0 atom stereocenters. The summed E-state index contributed by atoms with van der Waals surface area (Å²) in [5.74, 6) is -0.200. The standard InChI is InChI=1S/C19H24N2O4S/c1-4-25-16-7-5-14(6-8-16)19-20-15(12-26-19)11-17(22)21(13(2)3)10-9-18(23)24/h5-8,12-13H,4,9-11H2,1-3H3,(H,23,24). The molecule has 140 valence electrons. The van der Waals surface area contributed by atoms with E-state index in [0.29, 0.717) is 12.3 Å². The van der Waals surface area contributed by atoms with E-state index in [9.17, 15) is 9.59 Å². The summed E-state index contributed by atoms with van der Waals surface area (Å²) in [6.45, 7) is 6.53. The lowest BCUT2D eigenvalue weighted by Gasteiger charge is -2.25. The lowest BCUT2D eigenvalue weighted by molar-refractivity contribution is -0.139. The highest BCUT2D eigenvalue weighted by atomic mass is 32.1. The van der Waals surface area contributed by atoms with Crippen LogP contribution in [0.4, 0.5) is 0 Å². The molecular weight excluding hydrogens is 352 g/mol. The Hall–Kier alpha value is -2.41. The van der Waals surface area contributed by atoms with Crippen LogP contribution in [-0.2, 0) is 16.0 Å². The molecule has 1 amide bonds. The molecule has 0 spiro atoms. The van der Waals surface area contributed by atoms with Gasteiger partial charge in [0.15, 0.2) is 0 Å². The van der Waals surface area contributed by atoms with Crippen molar-refractivity contribution in [3.05, 3.63) is 35.3 Å². The average Bonchev–Trinajstić information content (AvgIpc) is 3.04. The van der Waals surface area contributed by atoms with E-state index in [0.717, 1.165) is 16.3 Å². The normalized spacial score (nSPS) is 10.8. The van der Waals surface area contributed by atoms with Crippen LogP contribution < -0.4 is 4.74 Å². The van der Waals surface area contributed by atoms with Crippen molar-refractivity contribution in [2.24, 2.45) is 0 Å². The summed E-state index contributed by atoms with van der Waals surface area (Å²) in [7, 11) is 0. The maximum absolute atomic E-state index is 12.5. The first kappa shape index (κ1) is 19.9. The van der Waals surface area contributed by atoms with E-state index >= 15 is 0 Å². The number of carbonyl (C=O) groups excluding carboxylic acids is 1. The lowest BCUT2D eigenvalue weighted by atomic mass is 10.2. The van der Waals surface area contributed by atoms with Crippen LogP contribution in [0.5, 0.6) is 5.75 Å². The van der Waals surface area contributed by atoms with E-state index in [2.05, 4.69) is 4.98 Å². The molecule has 2 aromatic rings. The van der Waals surface area contributed by atoms with Crippen molar-refractivity contribution >= 4 is 23.2 Å². The van der Waals surface area contributed by atoms with E-state index in [1.807, 2.05) is 50.4 Å². The number of nitrogens with zero attached hydrogens (tertiary/aromatic N) is 2. The second-order valence-electron chi connectivity index (χ2n) is 6.10. The molecule has 7 heteroatoms. The van der Waals surface area contributed by atoms with E-state index in [1.165, 1.54) is 11.3 Å². The van der Waals surface area contributed by atoms with Gasteiger partial charge in [0.1, 0.15) is 10.8 Å². The predicted molar refractivity (Wildman–Crippen MR) is 102 cm³/mol. The summed E-state index contributed by atoms with van der Waals surface area (Å²) < 4.78 is 5.43. The predicted octanol–water partition coefficient (Wildman–Crippen LogP) is 3.46. The number of amides is 1. The topological polar surface area (TPSA) is 79.7 Å². The molecule has 1 aromatic carbocycles. The minimum absolute atomic E-state index is 0.0499. The van der Waals surface area contributed by atoms with Gasteiger partial charge in [-0.25, -0.2) is 4.98 Å². The van der Waals surface area contributed by atoms with Gasteiger partial charge in [0.25, 0.3) is 0 Å². The molecule has 0 radical (unpaired) electrons. The lowest BCUT2D eigenvalue weighted by Crippen LogP contribution is -2.39. The number of aliphatic carboxylic acids is 1. The number of aromatic nitrogens is 1. The number of rotatable bonds is 9. The Labute approximate surface area is 157 Å². The van der Waals surface area contributed by atoms with Gasteiger partial charge in [0.2, 0.25) is 5.91 Å². The molecule has 2 rings (SSSR count). The number of carbonyl (C=O) groups is 2. The van der Waals surface area contributed by atoms with Crippen molar-refractivity contribution in [1.29, 1.82) is 0 Å². The van der Waals surface area contributed by atoms with Gasteiger partial charge in [-0.15, -0.1) is 11.3 Å². The zero-order valence-corrected chi connectivity index (χ0v) is 16.1. The Morgan fingerprint density at radius 2 is 1.96 bits per heavy atom. The Balaban J connectivity index is 2.04. The van der Waals surface area contributed by atoms with Gasteiger partial charge in [-0.2, -0.15) is 0 Å². The first-order chi connectivity index (χ1) is 12.4. The molecular formula is C19H24N2O4S. The average molecular weight is 376 g/mol. The summed E-state index contributed by atoms with van der Waals surface area (Å²) in [5.41, 5.74) is 1.67. The summed E-state index contributed by atoms with van der Waals surface area (Å²) in [4.78, 5) is 29.4. The van der Waals surface area contributed by atoms with Crippen LogP contribution in [0.3, 0.4) is 0 Å². The molecule has 6 nitrogen and oxygen atoms in total. The highest BCUT2D eigenvalue weighted by Crippen LogP contribution is 2.26. The Bertz CT molecular complexity index is 740. The zero-order chi connectivity index (χ0) is 19.1. The van der Waals surface area contributed by atoms with Gasteiger partial charge in [-0.1, -0.05) is 0 Å². The first-order valence-corrected chi connectivity index (χ1v) is 9.47. The highest BCUT2D eigenvalue weighted by molar-refractivity contribution is 7.13. The third-order valence-electron chi connectivity index (χ3n) is 3.81. The molecule has 0 aliphatic rings. The number of carboxylic acid groups (broad SMARTS) is 1. The van der Waals surface area contributed by atoms with Gasteiger partial charge >= 0.3 is 5.97 Å². The smallest absolute Gasteiger partial charge is 0.305 e. The highest BCUT2D eigenvalue weighted by Gasteiger charge is 2.19. The fourth-order valence-corrected chi connectivity index (χ4v) is 3.35. The van der Waals surface area contributed by atoms with Crippen molar-refractivity contribution in [3.8, 4) is 16.3 Å². The molecule has 0 saturated heterocycles. The van der Waals surface area contributed by atoms with Crippen molar-refractivity contribution in [1.82, 2.24) is 9.88 Å². The van der Waals surface area contributed by atoms with Crippen molar-refractivity contribution in [2.45, 2.75) is 39.7 Å². The Morgan fingerprint density at radius 1 is 1.27 bits per heavy atom. The molecule has 0 bridgehead atoms. The van der Waals surface area contributed by atoms with Gasteiger partial charge in [-0.05, 0) is 45.0 Å². The maximum atomic E-state index is 12.5. The quantitative estimate of drug-likeness (QED) is 0.725. The van der Waals surface area contributed by atoms with E-state index in [4.69, 9.17) is 9.84 Å². The van der Waals surface area contributed by atoms with Gasteiger partial charge < -0.3 is 14.7 Å². The summed E-state index contributed by atoms with van der Waals surface area (Å²) in [5, 5.41) is 11.6. The molecule has 1 aromatic heterocycles. The molecule has 1 N–H and O–H groups in total. The summed E-state index contributed by atoms with van der Waals surface area (Å²) in [6, 6.07) is 7.64. The number of carboxylic acids is 1. The summed E-state index contributed by atoms with van der Waals surface area (Å²) in [6.07, 6.45) is 0.115. The number of ether oxygens (including phenoxy) is 1.